The molecular formula is C23H31ClN4. The van der Waals surface area contributed by atoms with Gasteiger partial charge in [-0.3, -0.25) is 0 Å². The molecule has 28 heavy (non-hydrogen) atoms. The number of nitrogens with one attached hydrogen (secondary N) is 1. The second-order valence-electron chi connectivity index (χ2n) is 8.68. The van der Waals surface area contributed by atoms with E-state index in [9.17, 15) is 0 Å². The van der Waals surface area contributed by atoms with Crippen molar-refractivity contribution in [1.29, 1.82) is 0 Å². The average Bonchev–Trinajstić information content (AvgIpc) is 2.62. The Balaban J connectivity index is 1.96. The minimum absolute atomic E-state index is 0.110. The maximum Gasteiger partial charge on any atom is 0.123 e. The van der Waals surface area contributed by atoms with Crippen LogP contribution >= 0.6 is 11.6 Å². The molecule has 2 aromatic carbocycles. The van der Waals surface area contributed by atoms with E-state index in [2.05, 4.69) is 54.4 Å². The molecule has 1 heterocycles. The lowest BCUT2D eigenvalue weighted by Gasteiger charge is -2.37. The number of rotatable bonds is 7. The highest BCUT2D eigenvalue weighted by Gasteiger charge is 2.29. The molecule has 150 valence electrons. The third kappa shape index (κ3) is 5.34. The number of nitrogens with zero attached hydrogens (tertiary/aromatic N) is 2. The summed E-state index contributed by atoms with van der Waals surface area (Å²) in [4.78, 5) is 7.43. The Kier molecular flexibility index (Phi) is 6.43. The van der Waals surface area contributed by atoms with Crippen LogP contribution in [0.15, 0.2) is 53.5 Å². The minimum atomic E-state index is -0.284. The van der Waals surface area contributed by atoms with E-state index in [0.717, 1.165) is 36.2 Å². The molecule has 0 radical (unpaired) electrons. The van der Waals surface area contributed by atoms with Crippen molar-refractivity contribution in [2.45, 2.75) is 52.4 Å². The van der Waals surface area contributed by atoms with Gasteiger partial charge in [-0.1, -0.05) is 61.8 Å². The fourth-order valence-electron chi connectivity index (χ4n) is 3.46. The number of nitrogens with two attached hydrogens (primary N) is 1. The van der Waals surface area contributed by atoms with Gasteiger partial charge in [0.1, 0.15) is 5.84 Å². The summed E-state index contributed by atoms with van der Waals surface area (Å²) in [5.74, 6) is 1.43. The van der Waals surface area contributed by atoms with Gasteiger partial charge in [0.2, 0.25) is 0 Å². The molecule has 3 rings (SSSR count). The van der Waals surface area contributed by atoms with Gasteiger partial charge < -0.3 is 16.0 Å². The standard InChI is InChI=1S/C23H31ClN4/c1-16(2)21(26-15-23(3,4)25)22-27-20-12-19(24)11-10-18(20)14-28(22)13-17-8-6-5-7-9-17/h5-12,16,21,26H,13-15,25H2,1-4H3. The predicted octanol–water partition coefficient (Wildman–Crippen LogP) is 4.74. The lowest BCUT2D eigenvalue weighted by atomic mass is 9.97. The number of fused-ring (bicyclic) bond motifs is 1. The molecule has 0 aliphatic carbocycles. The molecule has 1 aliphatic rings. The second kappa shape index (κ2) is 8.64. The fraction of sp³-hybridized carbons (Fsp3) is 0.435. The van der Waals surface area contributed by atoms with Crippen molar-refractivity contribution < 1.29 is 0 Å². The zero-order valence-corrected chi connectivity index (χ0v) is 18.0. The first kappa shape index (κ1) is 20.8. The van der Waals surface area contributed by atoms with Crippen LogP contribution in [-0.2, 0) is 13.1 Å². The highest BCUT2D eigenvalue weighted by molar-refractivity contribution is 6.30. The van der Waals surface area contributed by atoms with Crippen molar-refractivity contribution in [3.8, 4) is 0 Å². The first-order valence-corrected chi connectivity index (χ1v) is 10.3. The Bertz CT molecular complexity index is 824. The largest absolute Gasteiger partial charge is 0.350 e. The van der Waals surface area contributed by atoms with E-state index in [-0.39, 0.29) is 11.6 Å². The van der Waals surface area contributed by atoms with Crippen LogP contribution in [0.2, 0.25) is 5.02 Å². The Morgan fingerprint density at radius 1 is 1.18 bits per heavy atom. The van der Waals surface area contributed by atoms with Crippen LogP contribution in [0.25, 0.3) is 0 Å². The molecular weight excluding hydrogens is 368 g/mol. The van der Waals surface area contributed by atoms with Gasteiger partial charge in [-0.05, 0) is 43.0 Å². The summed E-state index contributed by atoms with van der Waals surface area (Å²) in [6, 6.07) is 16.6. The maximum atomic E-state index is 6.24. The van der Waals surface area contributed by atoms with Gasteiger partial charge in [-0.15, -0.1) is 0 Å². The highest BCUT2D eigenvalue weighted by Crippen LogP contribution is 2.31. The van der Waals surface area contributed by atoms with Gasteiger partial charge in [0.05, 0.1) is 11.7 Å². The second-order valence-corrected chi connectivity index (χ2v) is 9.11. The Labute approximate surface area is 173 Å². The monoisotopic (exact) mass is 398 g/mol. The van der Waals surface area contributed by atoms with E-state index in [0.29, 0.717) is 5.92 Å². The van der Waals surface area contributed by atoms with E-state index >= 15 is 0 Å². The van der Waals surface area contributed by atoms with Crippen LogP contribution in [0.4, 0.5) is 5.69 Å². The van der Waals surface area contributed by atoms with Gasteiger partial charge in [-0.25, -0.2) is 4.99 Å². The zero-order valence-electron chi connectivity index (χ0n) is 17.2. The number of hydrogen-bond acceptors (Lipinski definition) is 4. The molecule has 0 aromatic heterocycles. The number of aliphatic imine (C=N–C) groups is 1. The highest BCUT2D eigenvalue weighted by atomic mass is 35.5. The Morgan fingerprint density at radius 3 is 2.54 bits per heavy atom. The number of benzene rings is 2. The number of halogens is 1. The summed E-state index contributed by atoms with van der Waals surface area (Å²) < 4.78 is 0. The topological polar surface area (TPSA) is 53.6 Å². The molecule has 5 heteroatoms. The quantitative estimate of drug-likeness (QED) is 0.708. The molecule has 2 aromatic rings. The van der Waals surface area contributed by atoms with Crippen LogP contribution in [-0.4, -0.2) is 28.9 Å². The van der Waals surface area contributed by atoms with E-state index < -0.39 is 0 Å². The number of amidine groups is 1. The fourth-order valence-corrected chi connectivity index (χ4v) is 3.63. The molecule has 3 N–H and O–H groups in total. The van der Waals surface area contributed by atoms with Crippen LogP contribution in [0.3, 0.4) is 0 Å². The number of hydrogen-bond donors (Lipinski definition) is 2. The predicted molar refractivity (Wildman–Crippen MR) is 119 cm³/mol. The Morgan fingerprint density at radius 2 is 1.89 bits per heavy atom. The maximum absolute atomic E-state index is 6.24. The van der Waals surface area contributed by atoms with E-state index in [1.807, 2.05) is 32.0 Å². The molecule has 0 spiro atoms. The van der Waals surface area contributed by atoms with Gasteiger partial charge in [0.25, 0.3) is 0 Å². The molecule has 1 aliphatic heterocycles. The molecule has 0 fully saturated rings. The van der Waals surface area contributed by atoms with Gasteiger partial charge in [0, 0.05) is 30.2 Å². The van der Waals surface area contributed by atoms with Crippen molar-refractivity contribution in [3.63, 3.8) is 0 Å². The van der Waals surface area contributed by atoms with Crippen LogP contribution in [0.1, 0.15) is 38.8 Å². The summed E-state index contributed by atoms with van der Waals surface area (Å²) in [5, 5.41) is 4.38. The summed E-state index contributed by atoms with van der Waals surface area (Å²) in [5.41, 5.74) is 9.39. The van der Waals surface area contributed by atoms with Crippen molar-refractivity contribution in [2.75, 3.05) is 6.54 Å². The third-order valence-electron chi connectivity index (χ3n) is 4.91. The minimum Gasteiger partial charge on any atom is -0.350 e. The molecule has 0 bridgehead atoms. The molecule has 0 saturated heterocycles. The summed E-state index contributed by atoms with van der Waals surface area (Å²) in [6.45, 7) is 10.9. The van der Waals surface area contributed by atoms with E-state index in [1.54, 1.807) is 0 Å². The summed E-state index contributed by atoms with van der Waals surface area (Å²) in [7, 11) is 0. The summed E-state index contributed by atoms with van der Waals surface area (Å²) >= 11 is 6.24. The molecule has 1 unspecified atom stereocenters. The molecule has 0 saturated carbocycles. The Hall–Kier alpha value is -1.88. The van der Waals surface area contributed by atoms with E-state index in [4.69, 9.17) is 22.3 Å². The van der Waals surface area contributed by atoms with Gasteiger partial charge in [-0.2, -0.15) is 0 Å². The SMILES string of the molecule is CC(C)C(NCC(C)(C)N)C1=Nc2cc(Cl)ccc2CN1Cc1ccccc1. The van der Waals surface area contributed by atoms with Crippen LogP contribution in [0.5, 0.6) is 0 Å². The van der Waals surface area contributed by atoms with Gasteiger partial charge >= 0.3 is 0 Å². The zero-order chi connectivity index (χ0) is 20.3. The van der Waals surface area contributed by atoms with Crippen molar-refractivity contribution in [1.82, 2.24) is 10.2 Å². The smallest absolute Gasteiger partial charge is 0.123 e. The van der Waals surface area contributed by atoms with Crippen molar-refractivity contribution in [2.24, 2.45) is 16.6 Å². The lowest BCUT2D eigenvalue weighted by Crippen LogP contribution is -2.54. The van der Waals surface area contributed by atoms with E-state index in [1.165, 1.54) is 11.1 Å². The van der Waals surface area contributed by atoms with Crippen molar-refractivity contribution >= 4 is 23.1 Å². The first-order valence-electron chi connectivity index (χ1n) is 9.91. The normalized spacial score (nSPS) is 15.4. The molecule has 4 nitrogen and oxygen atoms in total. The van der Waals surface area contributed by atoms with Crippen molar-refractivity contribution in [3.05, 3.63) is 64.7 Å². The first-order chi connectivity index (χ1) is 13.2. The summed E-state index contributed by atoms with van der Waals surface area (Å²) in [6.07, 6.45) is 0. The van der Waals surface area contributed by atoms with Crippen LogP contribution < -0.4 is 11.1 Å². The third-order valence-corrected chi connectivity index (χ3v) is 5.14. The molecule has 0 amide bonds. The average molecular weight is 399 g/mol. The lowest BCUT2D eigenvalue weighted by molar-refractivity contribution is 0.341. The van der Waals surface area contributed by atoms with Gasteiger partial charge in [0.15, 0.2) is 0 Å². The van der Waals surface area contributed by atoms with Crippen LogP contribution in [0, 0.1) is 5.92 Å². The molecule has 1 atom stereocenters.